The van der Waals surface area contributed by atoms with Gasteiger partial charge < -0.3 is 16.4 Å². The molecule has 2 atom stereocenters. The summed E-state index contributed by atoms with van der Waals surface area (Å²) in [5.41, 5.74) is 6.24. The van der Waals surface area contributed by atoms with Gasteiger partial charge in [0.25, 0.3) is 5.91 Å². The Morgan fingerprint density at radius 2 is 2.14 bits per heavy atom. The molecule has 2 aliphatic heterocycles. The number of nitrogens with two attached hydrogens (primary N) is 1. The Kier molecular flexibility index (Phi) is 2.61. The monoisotopic (exact) mass is 297 g/mol. The van der Waals surface area contributed by atoms with E-state index in [2.05, 4.69) is 15.7 Å². The van der Waals surface area contributed by atoms with E-state index in [1.165, 1.54) is 0 Å². The van der Waals surface area contributed by atoms with Crippen LogP contribution >= 0.6 is 0 Å². The fraction of sp³-hybridized carbons (Fsp3) is 0.267. The van der Waals surface area contributed by atoms with Gasteiger partial charge in [-0.3, -0.25) is 9.59 Å². The van der Waals surface area contributed by atoms with Crippen LogP contribution in [0.2, 0.25) is 0 Å². The average Bonchev–Trinajstić information content (AvgIpc) is 3.18. The summed E-state index contributed by atoms with van der Waals surface area (Å²) in [4.78, 5) is 23.8. The summed E-state index contributed by atoms with van der Waals surface area (Å²) in [5.74, 6) is 0.0511. The van der Waals surface area contributed by atoms with Crippen molar-refractivity contribution >= 4 is 17.6 Å². The predicted molar refractivity (Wildman–Crippen MR) is 79.9 cm³/mol. The summed E-state index contributed by atoms with van der Waals surface area (Å²) < 4.78 is 1.69. The Hall–Kier alpha value is -2.67. The molecule has 22 heavy (non-hydrogen) atoms. The van der Waals surface area contributed by atoms with Crippen LogP contribution in [-0.4, -0.2) is 34.2 Å². The summed E-state index contributed by atoms with van der Waals surface area (Å²) in [7, 11) is 0. The fourth-order valence-corrected chi connectivity index (χ4v) is 3.18. The highest BCUT2D eigenvalue weighted by Crippen LogP contribution is 2.38. The highest BCUT2D eigenvalue weighted by molar-refractivity contribution is 6.02. The Balaban J connectivity index is 1.75. The molecular weight excluding hydrogens is 282 g/mol. The van der Waals surface area contributed by atoms with Gasteiger partial charge in [0.2, 0.25) is 5.91 Å². The molecule has 0 radical (unpaired) electrons. The topological polar surface area (TPSA) is 102 Å². The van der Waals surface area contributed by atoms with Crippen LogP contribution in [0.1, 0.15) is 6.42 Å². The van der Waals surface area contributed by atoms with E-state index in [1.807, 2.05) is 36.4 Å². The van der Waals surface area contributed by atoms with Crippen molar-refractivity contribution in [1.82, 2.24) is 15.1 Å². The first-order chi connectivity index (χ1) is 10.6. The molecule has 1 saturated heterocycles. The maximum atomic E-state index is 12.4. The lowest BCUT2D eigenvalue weighted by molar-refractivity contribution is -0.123. The fourth-order valence-electron chi connectivity index (χ4n) is 3.18. The third kappa shape index (κ3) is 1.69. The minimum Gasteiger partial charge on any atom is -0.368 e. The molecule has 0 aliphatic carbocycles. The molecule has 2 aliphatic rings. The maximum Gasteiger partial charge on any atom is 0.255 e. The number of aromatic nitrogens is 2. The standard InChI is InChI=1S/C15H15N5O2/c16-13(21)11-7-15(8-17-11)14(22)18-12-6-10(19-20(12)15)9-4-2-1-3-5-9/h1-6,11,17H,7-8H2,(H2,16,21)(H,18,22)/t11-,15+/m0/s1. The quantitative estimate of drug-likeness (QED) is 0.728. The largest absolute Gasteiger partial charge is 0.368 e. The Morgan fingerprint density at radius 3 is 2.82 bits per heavy atom. The van der Waals surface area contributed by atoms with Crippen LogP contribution in [0.25, 0.3) is 11.3 Å². The number of hydrogen-bond donors (Lipinski definition) is 3. The predicted octanol–water partition coefficient (Wildman–Crippen LogP) is 0.0447. The highest BCUT2D eigenvalue weighted by atomic mass is 16.2. The highest BCUT2D eigenvalue weighted by Gasteiger charge is 2.53. The minimum atomic E-state index is -0.873. The number of fused-ring (bicyclic) bond motifs is 2. The molecule has 7 heteroatoms. The average molecular weight is 297 g/mol. The van der Waals surface area contributed by atoms with Crippen molar-refractivity contribution in [2.45, 2.75) is 18.0 Å². The molecule has 4 N–H and O–H groups in total. The van der Waals surface area contributed by atoms with Crippen LogP contribution in [0.15, 0.2) is 36.4 Å². The van der Waals surface area contributed by atoms with Crippen molar-refractivity contribution in [2.24, 2.45) is 5.73 Å². The van der Waals surface area contributed by atoms with Crippen LogP contribution in [0.3, 0.4) is 0 Å². The van der Waals surface area contributed by atoms with Crippen molar-refractivity contribution in [3.63, 3.8) is 0 Å². The summed E-state index contributed by atoms with van der Waals surface area (Å²) >= 11 is 0. The molecule has 112 valence electrons. The zero-order chi connectivity index (χ0) is 15.3. The second-order valence-corrected chi connectivity index (χ2v) is 5.72. The van der Waals surface area contributed by atoms with Gasteiger partial charge in [-0.1, -0.05) is 30.3 Å². The molecule has 0 saturated carbocycles. The molecule has 4 rings (SSSR count). The number of nitrogens with zero attached hydrogens (tertiary/aromatic N) is 2. The second kappa shape index (κ2) is 4.41. The molecular formula is C15H15N5O2. The number of primary amides is 1. The van der Waals surface area contributed by atoms with Gasteiger partial charge in [0.05, 0.1) is 11.7 Å². The normalized spacial score (nSPS) is 26.2. The Bertz CT molecular complexity index is 769. The molecule has 2 amide bonds. The van der Waals surface area contributed by atoms with Crippen molar-refractivity contribution in [2.75, 3.05) is 11.9 Å². The molecule has 1 aromatic carbocycles. The van der Waals surface area contributed by atoms with Gasteiger partial charge in [-0.25, -0.2) is 4.68 Å². The smallest absolute Gasteiger partial charge is 0.255 e. The zero-order valence-corrected chi connectivity index (χ0v) is 11.7. The van der Waals surface area contributed by atoms with Gasteiger partial charge in [-0.05, 0) is 0 Å². The molecule has 3 heterocycles. The summed E-state index contributed by atoms with van der Waals surface area (Å²) in [6, 6.07) is 11.1. The lowest BCUT2D eigenvalue weighted by atomic mass is 9.96. The summed E-state index contributed by atoms with van der Waals surface area (Å²) in [5, 5.41) is 10.4. The number of carbonyl (C=O) groups excluding carboxylic acids is 2. The van der Waals surface area contributed by atoms with Gasteiger partial charge in [0, 0.05) is 24.6 Å². The van der Waals surface area contributed by atoms with E-state index in [0.717, 1.165) is 11.3 Å². The number of nitrogens with one attached hydrogen (secondary N) is 2. The molecule has 1 fully saturated rings. The maximum absolute atomic E-state index is 12.4. The van der Waals surface area contributed by atoms with Gasteiger partial charge in [0.15, 0.2) is 5.54 Å². The lowest BCUT2D eigenvalue weighted by Gasteiger charge is -2.20. The molecule has 1 aromatic heterocycles. The van der Waals surface area contributed by atoms with E-state index in [0.29, 0.717) is 18.8 Å². The van der Waals surface area contributed by atoms with E-state index >= 15 is 0 Å². The number of rotatable bonds is 2. The summed E-state index contributed by atoms with van der Waals surface area (Å²) in [6.45, 7) is 0.343. The first-order valence-electron chi connectivity index (χ1n) is 7.10. The van der Waals surface area contributed by atoms with Crippen molar-refractivity contribution in [3.05, 3.63) is 36.4 Å². The van der Waals surface area contributed by atoms with Crippen LogP contribution in [0.4, 0.5) is 5.82 Å². The molecule has 2 aromatic rings. The SMILES string of the molecule is NC(=O)[C@@H]1C[C@@]2(CN1)C(=O)Nc1cc(-c3ccccc3)nn12. The molecule has 1 spiro atoms. The van der Waals surface area contributed by atoms with Crippen LogP contribution in [-0.2, 0) is 15.1 Å². The number of carbonyl (C=O) groups is 2. The van der Waals surface area contributed by atoms with E-state index in [-0.39, 0.29) is 5.91 Å². The second-order valence-electron chi connectivity index (χ2n) is 5.72. The number of hydrogen-bond acceptors (Lipinski definition) is 4. The van der Waals surface area contributed by atoms with Gasteiger partial charge in [-0.15, -0.1) is 0 Å². The van der Waals surface area contributed by atoms with Crippen LogP contribution in [0, 0.1) is 0 Å². The van der Waals surface area contributed by atoms with Crippen molar-refractivity contribution in [1.29, 1.82) is 0 Å². The molecule has 0 bridgehead atoms. The number of benzene rings is 1. The van der Waals surface area contributed by atoms with Crippen molar-refractivity contribution < 1.29 is 9.59 Å². The Labute approximate surface area is 126 Å². The lowest BCUT2D eigenvalue weighted by Crippen LogP contribution is -2.41. The number of amides is 2. The third-order valence-corrected chi connectivity index (χ3v) is 4.37. The molecule has 0 unspecified atom stereocenters. The summed E-state index contributed by atoms with van der Waals surface area (Å²) in [6.07, 6.45) is 0.317. The third-order valence-electron chi connectivity index (χ3n) is 4.37. The first-order valence-corrected chi connectivity index (χ1v) is 7.10. The van der Waals surface area contributed by atoms with E-state index in [1.54, 1.807) is 4.68 Å². The van der Waals surface area contributed by atoms with Gasteiger partial charge in [0.1, 0.15) is 5.82 Å². The van der Waals surface area contributed by atoms with Crippen molar-refractivity contribution in [3.8, 4) is 11.3 Å². The van der Waals surface area contributed by atoms with Gasteiger partial charge >= 0.3 is 0 Å². The minimum absolute atomic E-state index is 0.147. The van der Waals surface area contributed by atoms with E-state index < -0.39 is 17.5 Å². The zero-order valence-electron chi connectivity index (χ0n) is 11.7. The Morgan fingerprint density at radius 1 is 1.36 bits per heavy atom. The van der Waals surface area contributed by atoms with Crippen LogP contribution in [0.5, 0.6) is 0 Å². The number of anilines is 1. The van der Waals surface area contributed by atoms with E-state index in [4.69, 9.17) is 5.73 Å². The molecule has 7 nitrogen and oxygen atoms in total. The van der Waals surface area contributed by atoms with Gasteiger partial charge in [-0.2, -0.15) is 5.10 Å². The first kappa shape index (κ1) is 13.0. The van der Waals surface area contributed by atoms with Crippen LogP contribution < -0.4 is 16.4 Å². The van der Waals surface area contributed by atoms with E-state index in [9.17, 15) is 9.59 Å².